The number of carbonyl (C=O) groups excluding carboxylic acids is 1. The first-order valence-electron chi connectivity index (χ1n) is 8.49. The summed E-state index contributed by atoms with van der Waals surface area (Å²) in [5, 5.41) is 3.79. The van der Waals surface area contributed by atoms with Crippen molar-refractivity contribution < 1.29 is 13.9 Å². The quantitative estimate of drug-likeness (QED) is 0.411. The molecule has 0 radical (unpaired) electrons. The van der Waals surface area contributed by atoms with Crippen molar-refractivity contribution in [2.24, 2.45) is 0 Å². The van der Waals surface area contributed by atoms with Crippen LogP contribution in [-0.2, 0) is 4.79 Å². The second-order valence-corrected chi connectivity index (χ2v) is 6.84. The number of rotatable bonds is 2. The number of Topliss-reactive ketones (excluding diaryl/α,β-unsaturated/α-hetero) is 1. The summed E-state index contributed by atoms with van der Waals surface area (Å²) in [6, 6.07) is 13.8. The molecule has 6 nitrogen and oxygen atoms in total. The van der Waals surface area contributed by atoms with Gasteiger partial charge in [-0.2, -0.15) is 0 Å². The normalized spacial score (nSPS) is 16.8. The van der Waals surface area contributed by atoms with E-state index in [9.17, 15) is 9.59 Å². The fourth-order valence-corrected chi connectivity index (χ4v) is 3.13. The summed E-state index contributed by atoms with van der Waals surface area (Å²) in [6.07, 6.45) is 1.59. The van der Waals surface area contributed by atoms with E-state index in [1.165, 1.54) is 6.07 Å². The lowest BCUT2D eigenvalue weighted by atomic mass is 9.87. The highest BCUT2D eigenvalue weighted by Crippen LogP contribution is 2.41. The van der Waals surface area contributed by atoms with Gasteiger partial charge in [-0.15, -0.1) is 0 Å². The summed E-state index contributed by atoms with van der Waals surface area (Å²) < 4.78 is 11.3. The third-order valence-electron chi connectivity index (χ3n) is 4.51. The number of ketones is 1. The number of nitrogen functional groups attached to an aromatic ring is 1. The average molecular weight is 362 g/mol. The van der Waals surface area contributed by atoms with Crippen LogP contribution in [0.1, 0.15) is 19.4 Å². The van der Waals surface area contributed by atoms with E-state index in [2.05, 4.69) is 5.32 Å². The first kappa shape index (κ1) is 16.9. The van der Waals surface area contributed by atoms with Crippen LogP contribution in [0.5, 0.6) is 5.75 Å². The maximum atomic E-state index is 13.1. The number of fused-ring (bicyclic) bond motifs is 3. The Bertz CT molecular complexity index is 1160. The lowest BCUT2D eigenvalue weighted by Gasteiger charge is -2.32. The van der Waals surface area contributed by atoms with Gasteiger partial charge in [-0.05, 0) is 44.2 Å². The molecule has 0 amide bonds. The molecule has 0 saturated heterocycles. The second kappa shape index (κ2) is 6.02. The summed E-state index contributed by atoms with van der Waals surface area (Å²) in [7, 11) is 0. The van der Waals surface area contributed by atoms with E-state index in [1.807, 2.05) is 18.2 Å². The van der Waals surface area contributed by atoms with E-state index >= 15 is 0 Å². The third kappa shape index (κ3) is 2.85. The van der Waals surface area contributed by atoms with Crippen LogP contribution in [-0.4, -0.2) is 11.4 Å². The van der Waals surface area contributed by atoms with Gasteiger partial charge in [0, 0.05) is 17.7 Å². The molecule has 0 aliphatic carbocycles. The number of nitrogens with one attached hydrogen (secondary N) is 1. The summed E-state index contributed by atoms with van der Waals surface area (Å²) in [6.45, 7) is 3.41. The molecule has 2 heterocycles. The molecule has 27 heavy (non-hydrogen) atoms. The molecule has 136 valence electrons. The lowest BCUT2D eigenvalue weighted by Crippen LogP contribution is -2.42. The Hall–Kier alpha value is -3.54. The SMILES string of the molecule is CC1(C)Oc2ccc3ccc(=O)oc3c2/C(=C/Nc2ccccc2N)C1=O. The molecule has 1 aliphatic rings. The zero-order valence-corrected chi connectivity index (χ0v) is 14.9. The van der Waals surface area contributed by atoms with E-state index in [4.69, 9.17) is 14.9 Å². The predicted octanol–water partition coefficient (Wildman–Crippen LogP) is 3.57. The minimum absolute atomic E-state index is 0.226. The van der Waals surface area contributed by atoms with Crippen molar-refractivity contribution in [2.45, 2.75) is 19.4 Å². The van der Waals surface area contributed by atoms with Gasteiger partial charge in [-0.3, -0.25) is 4.79 Å². The van der Waals surface area contributed by atoms with Gasteiger partial charge in [0.25, 0.3) is 0 Å². The van der Waals surface area contributed by atoms with Crippen molar-refractivity contribution in [3.8, 4) is 5.75 Å². The minimum atomic E-state index is -1.05. The van der Waals surface area contributed by atoms with E-state index in [0.29, 0.717) is 39.2 Å². The first-order chi connectivity index (χ1) is 12.9. The molecule has 0 unspecified atom stereocenters. The molecular weight excluding hydrogens is 344 g/mol. The van der Waals surface area contributed by atoms with Gasteiger partial charge < -0.3 is 20.2 Å². The molecule has 0 atom stereocenters. The standard InChI is InChI=1S/C21H18N2O4/c1-21(2)20(25)13(11-23-15-6-4-3-5-14(15)22)18-16(27-21)9-7-12-8-10-17(24)26-19(12)18/h3-11,23H,22H2,1-2H3/b13-11-. The number of hydrogen-bond acceptors (Lipinski definition) is 6. The predicted molar refractivity (Wildman–Crippen MR) is 105 cm³/mol. The van der Waals surface area contributed by atoms with Crippen molar-refractivity contribution in [1.29, 1.82) is 0 Å². The van der Waals surface area contributed by atoms with E-state index in [-0.39, 0.29) is 5.78 Å². The zero-order chi connectivity index (χ0) is 19.2. The highest BCUT2D eigenvalue weighted by molar-refractivity contribution is 6.28. The average Bonchev–Trinajstić information content (AvgIpc) is 2.63. The number of ether oxygens (including phenoxy) is 1. The molecule has 0 bridgehead atoms. The Morgan fingerprint density at radius 2 is 1.78 bits per heavy atom. The van der Waals surface area contributed by atoms with Crippen LogP contribution in [0.15, 0.2) is 63.9 Å². The number of nitrogens with two attached hydrogens (primary N) is 1. The fourth-order valence-electron chi connectivity index (χ4n) is 3.13. The number of hydrogen-bond donors (Lipinski definition) is 2. The molecule has 2 aromatic carbocycles. The Labute approximate surface area is 155 Å². The van der Waals surface area contributed by atoms with Crippen LogP contribution in [0.4, 0.5) is 11.4 Å². The van der Waals surface area contributed by atoms with Crippen LogP contribution in [0, 0.1) is 0 Å². The van der Waals surface area contributed by atoms with Crippen molar-refractivity contribution in [3.05, 3.63) is 70.7 Å². The molecule has 0 saturated carbocycles. The van der Waals surface area contributed by atoms with Crippen molar-refractivity contribution in [3.63, 3.8) is 0 Å². The molecule has 0 spiro atoms. The van der Waals surface area contributed by atoms with Crippen molar-refractivity contribution in [2.75, 3.05) is 11.1 Å². The van der Waals surface area contributed by atoms with E-state index in [0.717, 1.165) is 0 Å². The Kier molecular flexibility index (Phi) is 3.77. The van der Waals surface area contributed by atoms with Crippen LogP contribution in [0.25, 0.3) is 16.5 Å². The van der Waals surface area contributed by atoms with Gasteiger partial charge in [0.15, 0.2) is 5.60 Å². The summed E-state index contributed by atoms with van der Waals surface area (Å²) >= 11 is 0. The van der Waals surface area contributed by atoms with Crippen molar-refractivity contribution in [1.82, 2.24) is 0 Å². The first-order valence-corrected chi connectivity index (χ1v) is 8.49. The highest BCUT2D eigenvalue weighted by Gasteiger charge is 2.40. The maximum absolute atomic E-state index is 13.1. The number of para-hydroxylation sites is 2. The monoisotopic (exact) mass is 362 g/mol. The molecule has 6 heteroatoms. The molecule has 1 aromatic heterocycles. The van der Waals surface area contributed by atoms with Crippen LogP contribution < -0.4 is 21.4 Å². The topological polar surface area (TPSA) is 94.6 Å². The van der Waals surface area contributed by atoms with Crippen molar-refractivity contribution >= 4 is 33.7 Å². The van der Waals surface area contributed by atoms with Gasteiger partial charge in [0.1, 0.15) is 11.3 Å². The fraction of sp³-hybridized carbons (Fsp3) is 0.143. The number of benzene rings is 2. The Balaban J connectivity index is 1.94. The molecule has 3 N–H and O–H groups in total. The van der Waals surface area contributed by atoms with E-state index in [1.54, 1.807) is 44.3 Å². The second-order valence-electron chi connectivity index (χ2n) is 6.84. The zero-order valence-electron chi connectivity index (χ0n) is 14.9. The smallest absolute Gasteiger partial charge is 0.336 e. The molecule has 4 rings (SSSR count). The van der Waals surface area contributed by atoms with Gasteiger partial charge in [-0.1, -0.05) is 12.1 Å². The molecular formula is C21H18N2O4. The number of anilines is 2. The van der Waals surface area contributed by atoms with E-state index < -0.39 is 11.2 Å². The van der Waals surface area contributed by atoms with Gasteiger partial charge in [0.2, 0.25) is 5.78 Å². The molecule has 0 fully saturated rings. The maximum Gasteiger partial charge on any atom is 0.336 e. The van der Waals surface area contributed by atoms with Gasteiger partial charge in [0.05, 0.1) is 22.5 Å². The van der Waals surface area contributed by atoms with Gasteiger partial charge >= 0.3 is 5.63 Å². The Morgan fingerprint density at radius 1 is 1.04 bits per heavy atom. The summed E-state index contributed by atoms with van der Waals surface area (Å²) in [4.78, 5) is 24.8. The summed E-state index contributed by atoms with van der Waals surface area (Å²) in [5.41, 5.74) is 6.79. The third-order valence-corrected chi connectivity index (χ3v) is 4.51. The Morgan fingerprint density at radius 3 is 2.56 bits per heavy atom. The van der Waals surface area contributed by atoms with Crippen LogP contribution >= 0.6 is 0 Å². The minimum Gasteiger partial charge on any atom is -0.479 e. The molecule has 3 aromatic rings. The summed E-state index contributed by atoms with van der Waals surface area (Å²) in [5.74, 6) is 0.256. The largest absolute Gasteiger partial charge is 0.479 e. The van der Waals surface area contributed by atoms with Crippen LogP contribution in [0.3, 0.4) is 0 Å². The highest BCUT2D eigenvalue weighted by atomic mass is 16.5. The van der Waals surface area contributed by atoms with Crippen LogP contribution in [0.2, 0.25) is 0 Å². The number of carbonyl (C=O) groups is 1. The molecule has 1 aliphatic heterocycles. The van der Waals surface area contributed by atoms with Gasteiger partial charge in [-0.25, -0.2) is 4.79 Å². The lowest BCUT2D eigenvalue weighted by molar-refractivity contribution is -0.126.